The lowest BCUT2D eigenvalue weighted by Crippen LogP contribution is -2.15. The fraction of sp³-hybridized carbons (Fsp3) is 0.111. The normalized spacial score (nSPS) is 11.4. The highest BCUT2D eigenvalue weighted by molar-refractivity contribution is 7.13. The van der Waals surface area contributed by atoms with Gasteiger partial charge in [0.05, 0.1) is 22.7 Å². The Hall–Kier alpha value is -2.38. The van der Waals surface area contributed by atoms with Crippen LogP contribution in [0, 0.1) is 0 Å². The zero-order chi connectivity index (χ0) is 18.7. The molecule has 0 atom stereocenters. The maximum absolute atomic E-state index is 12.5. The Morgan fingerprint density at radius 2 is 1.81 bits per heavy atom. The van der Waals surface area contributed by atoms with Crippen LogP contribution in [0.2, 0.25) is 5.02 Å². The number of hydrogen-bond donors (Lipinski definition) is 1. The van der Waals surface area contributed by atoms with E-state index in [0.29, 0.717) is 21.4 Å². The number of alkyl halides is 3. The van der Waals surface area contributed by atoms with Gasteiger partial charge in [0.1, 0.15) is 5.01 Å². The molecule has 0 aliphatic carbocycles. The zero-order valence-electron chi connectivity index (χ0n) is 13.2. The number of halogens is 4. The third-order valence-electron chi connectivity index (χ3n) is 3.49. The van der Waals surface area contributed by atoms with E-state index in [0.717, 1.165) is 17.7 Å². The number of hydrogen-bond acceptors (Lipinski definition) is 3. The number of nitrogens with zero attached hydrogens (tertiary/aromatic N) is 1. The lowest BCUT2D eigenvalue weighted by molar-refractivity contribution is -0.137. The summed E-state index contributed by atoms with van der Waals surface area (Å²) in [6.45, 7) is 0. The van der Waals surface area contributed by atoms with E-state index in [1.807, 2.05) is 18.2 Å². The predicted molar refractivity (Wildman–Crippen MR) is 96.3 cm³/mol. The number of benzene rings is 2. The summed E-state index contributed by atoms with van der Waals surface area (Å²) < 4.78 is 37.6. The molecule has 3 aromatic rings. The summed E-state index contributed by atoms with van der Waals surface area (Å²) in [5.74, 6) is -0.360. The Balaban J connectivity index is 1.65. The van der Waals surface area contributed by atoms with Crippen molar-refractivity contribution in [3.8, 4) is 10.6 Å². The van der Waals surface area contributed by atoms with Crippen LogP contribution in [0.3, 0.4) is 0 Å². The molecule has 1 aromatic heterocycles. The van der Waals surface area contributed by atoms with Crippen LogP contribution >= 0.6 is 22.9 Å². The summed E-state index contributed by atoms with van der Waals surface area (Å²) in [4.78, 5) is 16.5. The molecule has 0 aliphatic heterocycles. The van der Waals surface area contributed by atoms with Crippen molar-refractivity contribution in [1.29, 1.82) is 0 Å². The number of rotatable bonds is 4. The van der Waals surface area contributed by atoms with Gasteiger partial charge in [0.25, 0.3) is 0 Å². The molecule has 3 rings (SSSR count). The topological polar surface area (TPSA) is 42.0 Å². The molecule has 1 heterocycles. The number of anilines is 1. The third-order valence-corrected chi connectivity index (χ3v) is 4.75. The van der Waals surface area contributed by atoms with Crippen molar-refractivity contribution in [3.05, 3.63) is 70.2 Å². The Kier molecular flexibility index (Phi) is 5.29. The molecule has 0 aliphatic rings. The fourth-order valence-electron chi connectivity index (χ4n) is 2.26. The molecule has 2 aromatic carbocycles. The van der Waals surface area contributed by atoms with Gasteiger partial charge in [-0.2, -0.15) is 13.2 Å². The SMILES string of the molecule is O=C(Cc1csc(-c2ccccc2Cl)n1)Nc1ccc(C(F)(F)F)cc1. The minimum absolute atomic E-state index is 0.0158. The molecule has 0 bridgehead atoms. The maximum atomic E-state index is 12.5. The van der Waals surface area contributed by atoms with E-state index in [-0.39, 0.29) is 12.3 Å². The maximum Gasteiger partial charge on any atom is 0.416 e. The van der Waals surface area contributed by atoms with Crippen molar-refractivity contribution in [2.24, 2.45) is 0 Å². The van der Waals surface area contributed by atoms with E-state index >= 15 is 0 Å². The molecular weight excluding hydrogens is 385 g/mol. The minimum atomic E-state index is -4.40. The van der Waals surface area contributed by atoms with Crippen molar-refractivity contribution in [2.45, 2.75) is 12.6 Å². The largest absolute Gasteiger partial charge is 0.416 e. The average Bonchev–Trinajstić information content (AvgIpc) is 3.03. The van der Waals surface area contributed by atoms with Gasteiger partial charge in [-0.25, -0.2) is 4.98 Å². The first-order valence-electron chi connectivity index (χ1n) is 7.49. The predicted octanol–water partition coefficient (Wildman–Crippen LogP) is 5.66. The van der Waals surface area contributed by atoms with Gasteiger partial charge in [-0.1, -0.05) is 29.8 Å². The van der Waals surface area contributed by atoms with E-state index in [2.05, 4.69) is 10.3 Å². The monoisotopic (exact) mass is 396 g/mol. The lowest BCUT2D eigenvalue weighted by Gasteiger charge is -2.08. The molecule has 0 fully saturated rings. The van der Waals surface area contributed by atoms with E-state index in [4.69, 9.17) is 11.6 Å². The molecule has 1 amide bonds. The van der Waals surface area contributed by atoms with Crippen LogP contribution in [0.25, 0.3) is 10.6 Å². The van der Waals surface area contributed by atoms with Gasteiger partial charge in [0.15, 0.2) is 0 Å². The summed E-state index contributed by atoms with van der Waals surface area (Å²) in [5.41, 5.74) is 0.881. The Morgan fingerprint density at radius 3 is 2.46 bits per heavy atom. The standard InChI is InChI=1S/C18H12ClF3N2OS/c19-15-4-2-1-3-14(15)17-24-13(10-26-17)9-16(25)23-12-7-5-11(6-8-12)18(20,21)22/h1-8,10H,9H2,(H,23,25). The minimum Gasteiger partial charge on any atom is -0.326 e. The van der Waals surface area contributed by atoms with Gasteiger partial charge in [-0.3, -0.25) is 4.79 Å². The molecule has 3 nitrogen and oxygen atoms in total. The van der Waals surface area contributed by atoms with Gasteiger partial charge in [0, 0.05) is 16.6 Å². The van der Waals surface area contributed by atoms with Gasteiger partial charge in [-0.05, 0) is 30.3 Å². The second-order valence-corrected chi connectivity index (χ2v) is 6.69. The summed E-state index contributed by atoms with van der Waals surface area (Å²) in [7, 11) is 0. The van der Waals surface area contributed by atoms with E-state index in [1.165, 1.54) is 23.5 Å². The number of amides is 1. The molecule has 1 N–H and O–H groups in total. The molecular formula is C18H12ClF3N2OS. The summed E-state index contributed by atoms with van der Waals surface area (Å²) in [5, 5.41) is 5.59. The first-order valence-corrected chi connectivity index (χ1v) is 8.75. The molecule has 0 saturated heterocycles. The number of aromatic nitrogens is 1. The van der Waals surface area contributed by atoms with Crippen molar-refractivity contribution < 1.29 is 18.0 Å². The number of thiazole rings is 1. The van der Waals surface area contributed by atoms with E-state index < -0.39 is 11.7 Å². The summed E-state index contributed by atoms with van der Waals surface area (Å²) in [6, 6.07) is 11.6. The highest BCUT2D eigenvalue weighted by atomic mass is 35.5. The summed E-state index contributed by atoms with van der Waals surface area (Å²) >= 11 is 7.50. The Labute approximate surface area is 156 Å². The number of carbonyl (C=O) groups excluding carboxylic acids is 1. The van der Waals surface area contributed by atoms with Crippen LogP contribution in [-0.2, 0) is 17.4 Å². The van der Waals surface area contributed by atoms with Crippen molar-refractivity contribution >= 4 is 34.5 Å². The highest BCUT2D eigenvalue weighted by Crippen LogP contribution is 2.31. The average molecular weight is 397 g/mol. The van der Waals surface area contributed by atoms with Gasteiger partial charge < -0.3 is 5.32 Å². The van der Waals surface area contributed by atoms with Crippen LogP contribution in [0.15, 0.2) is 53.9 Å². The van der Waals surface area contributed by atoms with Crippen LogP contribution < -0.4 is 5.32 Å². The van der Waals surface area contributed by atoms with Gasteiger partial charge >= 0.3 is 6.18 Å². The molecule has 0 unspecified atom stereocenters. The first kappa shape index (κ1) is 18.4. The summed E-state index contributed by atoms with van der Waals surface area (Å²) in [6.07, 6.45) is -4.39. The molecule has 0 saturated carbocycles. The molecule has 0 radical (unpaired) electrons. The smallest absolute Gasteiger partial charge is 0.326 e. The second kappa shape index (κ2) is 7.47. The molecule has 26 heavy (non-hydrogen) atoms. The zero-order valence-corrected chi connectivity index (χ0v) is 14.8. The van der Waals surface area contributed by atoms with E-state index in [1.54, 1.807) is 11.4 Å². The third kappa shape index (κ3) is 4.42. The number of carbonyl (C=O) groups is 1. The van der Waals surface area contributed by atoms with Crippen LogP contribution in [0.1, 0.15) is 11.3 Å². The Morgan fingerprint density at radius 1 is 1.12 bits per heavy atom. The van der Waals surface area contributed by atoms with Gasteiger partial charge in [-0.15, -0.1) is 11.3 Å². The fourth-order valence-corrected chi connectivity index (χ4v) is 3.40. The van der Waals surface area contributed by atoms with Crippen LogP contribution in [-0.4, -0.2) is 10.9 Å². The second-order valence-electron chi connectivity index (χ2n) is 5.42. The highest BCUT2D eigenvalue weighted by Gasteiger charge is 2.30. The van der Waals surface area contributed by atoms with Crippen molar-refractivity contribution in [2.75, 3.05) is 5.32 Å². The lowest BCUT2D eigenvalue weighted by atomic mass is 10.2. The molecule has 8 heteroatoms. The van der Waals surface area contributed by atoms with Crippen LogP contribution in [0.5, 0.6) is 0 Å². The van der Waals surface area contributed by atoms with Crippen LogP contribution in [0.4, 0.5) is 18.9 Å². The Bertz CT molecular complexity index is 923. The quantitative estimate of drug-likeness (QED) is 0.618. The molecule has 134 valence electrons. The van der Waals surface area contributed by atoms with Crippen molar-refractivity contribution in [1.82, 2.24) is 4.98 Å². The van der Waals surface area contributed by atoms with E-state index in [9.17, 15) is 18.0 Å². The van der Waals surface area contributed by atoms with Crippen molar-refractivity contribution in [3.63, 3.8) is 0 Å². The molecule has 0 spiro atoms. The first-order chi connectivity index (χ1) is 12.3. The number of nitrogens with one attached hydrogen (secondary N) is 1. The van der Waals surface area contributed by atoms with Gasteiger partial charge in [0.2, 0.25) is 5.91 Å².